The van der Waals surface area contributed by atoms with Gasteiger partial charge in [-0.2, -0.15) is 5.09 Å². The van der Waals surface area contributed by atoms with E-state index in [0.29, 0.717) is 29.4 Å². The number of aliphatic hydroxyl groups is 1. The number of carbonyl (C=O) groups is 1. The van der Waals surface area contributed by atoms with Gasteiger partial charge in [0.05, 0.1) is 19.0 Å². The molecule has 6 atom stereocenters. The number of nitrogens with one attached hydrogen (secondary N) is 2. The van der Waals surface area contributed by atoms with Gasteiger partial charge in [-0.1, -0.05) is 18.2 Å². The first-order valence-corrected chi connectivity index (χ1v) is 14.8. The molecule has 0 spiro atoms. The molecule has 1 aliphatic rings. The van der Waals surface area contributed by atoms with Crippen LogP contribution in [0.15, 0.2) is 36.7 Å². The Morgan fingerprint density at radius 1 is 1.27 bits per heavy atom. The molecule has 41 heavy (non-hydrogen) atoms. The van der Waals surface area contributed by atoms with Crippen molar-refractivity contribution in [1.82, 2.24) is 24.6 Å². The van der Waals surface area contributed by atoms with Crippen molar-refractivity contribution in [2.24, 2.45) is 0 Å². The Morgan fingerprint density at radius 2 is 1.98 bits per heavy atom. The quantitative estimate of drug-likeness (QED) is 0.207. The molecule has 1 saturated heterocycles. The van der Waals surface area contributed by atoms with Crippen molar-refractivity contribution >= 4 is 30.7 Å². The number of alkyl halides is 1. The molecule has 0 radical (unpaired) electrons. The molecule has 1 aliphatic heterocycles. The number of nitrogens with zero attached hydrogens (tertiary/aromatic N) is 4. The summed E-state index contributed by atoms with van der Waals surface area (Å²) >= 11 is 0. The van der Waals surface area contributed by atoms with E-state index in [-0.39, 0.29) is 5.75 Å². The van der Waals surface area contributed by atoms with Gasteiger partial charge in [0, 0.05) is 6.54 Å². The molecular formula is C26H36FN6O7P. The summed E-state index contributed by atoms with van der Waals surface area (Å²) in [5.74, 6) is 0.452. The number of anilines is 1. The van der Waals surface area contributed by atoms with Crippen LogP contribution in [0.5, 0.6) is 5.75 Å². The Morgan fingerprint density at radius 3 is 2.63 bits per heavy atom. The minimum atomic E-state index is -4.27. The van der Waals surface area contributed by atoms with Crippen LogP contribution in [0.1, 0.15) is 46.7 Å². The molecule has 15 heteroatoms. The highest BCUT2D eigenvalue weighted by atomic mass is 31.2. The summed E-state index contributed by atoms with van der Waals surface area (Å²) in [6.45, 7) is 9.65. The fraction of sp³-hybridized carbons (Fsp3) is 0.538. The number of hydrogen-bond donors (Lipinski definition) is 3. The lowest BCUT2D eigenvalue weighted by molar-refractivity contribution is -0.149. The minimum Gasteiger partial charge on any atom is -0.462 e. The number of halogens is 1. The number of aliphatic hydroxyl groups excluding tert-OH is 1. The Bertz CT molecular complexity index is 1410. The molecule has 3 N–H and O–H groups in total. The summed E-state index contributed by atoms with van der Waals surface area (Å²) in [7, 11) is -4.27. The van der Waals surface area contributed by atoms with E-state index in [1.807, 2.05) is 6.92 Å². The molecular weight excluding hydrogens is 558 g/mol. The molecule has 224 valence electrons. The summed E-state index contributed by atoms with van der Waals surface area (Å²) in [5, 5.41) is 16.6. The maximum absolute atomic E-state index is 16.0. The molecule has 0 saturated carbocycles. The van der Waals surface area contributed by atoms with E-state index in [9.17, 15) is 14.5 Å². The molecule has 1 aromatic carbocycles. The number of carbonyl (C=O) groups excluding carboxylic acids is 1. The maximum atomic E-state index is 16.0. The average molecular weight is 595 g/mol. The van der Waals surface area contributed by atoms with Gasteiger partial charge in [-0.15, -0.1) is 0 Å². The number of esters is 1. The number of hydrogen-bond acceptors (Lipinski definition) is 11. The van der Waals surface area contributed by atoms with Gasteiger partial charge in [-0.05, 0) is 53.7 Å². The van der Waals surface area contributed by atoms with Gasteiger partial charge in [-0.25, -0.2) is 23.9 Å². The zero-order valence-electron chi connectivity index (χ0n) is 23.8. The highest BCUT2D eigenvalue weighted by Gasteiger charge is 2.56. The summed E-state index contributed by atoms with van der Waals surface area (Å²) in [4.78, 5) is 25.5. The van der Waals surface area contributed by atoms with Crippen LogP contribution in [0.3, 0.4) is 0 Å². The monoisotopic (exact) mass is 594 g/mol. The molecule has 3 heterocycles. The topological polar surface area (TPSA) is 159 Å². The molecule has 2 aromatic heterocycles. The molecule has 0 bridgehead atoms. The number of rotatable bonds is 12. The number of ether oxygens (including phenoxy) is 2. The smallest absolute Gasteiger partial charge is 0.459 e. The Kier molecular flexibility index (Phi) is 9.29. The lowest BCUT2D eigenvalue weighted by Crippen LogP contribution is -2.41. The van der Waals surface area contributed by atoms with Crippen molar-refractivity contribution < 1.29 is 37.4 Å². The van der Waals surface area contributed by atoms with E-state index >= 15 is 4.39 Å². The zero-order chi connectivity index (χ0) is 29.9. The summed E-state index contributed by atoms with van der Waals surface area (Å²) < 4.78 is 53.6. The van der Waals surface area contributed by atoms with E-state index in [1.165, 1.54) is 24.7 Å². The van der Waals surface area contributed by atoms with Crippen LogP contribution in [0.25, 0.3) is 11.2 Å². The summed E-state index contributed by atoms with van der Waals surface area (Å²) in [6.07, 6.45) is -3.33. The van der Waals surface area contributed by atoms with Crippen LogP contribution < -0.4 is 14.9 Å². The second-order valence-corrected chi connectivity index (χ2v) is 11.8. The first-order valence-electron chi connectivity index (χ1n) is 13.3. The SMILES string of the molecule is CCNc1nc(C)nc2c1ncn2[C@@H]1O[C@H](COP(=O)(N[C@@H](C)C(=O)OC(C)C)Oc2ccccc2)[C@@H](O)[C@@]1(C)F. The molecule has 13 nitrogen and oxygen atoms in total. The normalized spacial score (nSPS) is 24.8. The average Bonchev–Trinajstić information content (AvgIpc) is 3.41. The predicted molar refractivity (Wildman–Crippen MR) is 148 cm³/mol. The number of benzene rings is 1. The Labute approximate surface area is 237 Å². The van der Waals surface area contributed by atoms with Crippen LogP contribution in [0.2, 0.25) is 0 Å². The highest BCUT2D eigenvalue weighted by Crippen LogP contribution is 2.48. The molecule has 1 fully saturated rings. The van der Waals surface area contributed by atoms with Crippen molar-refractivity contribution in [1.29, 1.82) is 0 Å². The van der Waals surface area contributed by atoms with E-state index in [1.54, 1.807) is 51.1 Å². The number of imidazole rings is 1. The second kappa shape index (κ2) is 12.4. The number of para-hydroxylation sites is 1. The number of aryl methyl sites for hydroxylation is 1. The Hall–Kier alpha value is -3.16. The molecule has 4 rings (SSSR count). The lowest BCUT2D eigenvalue weighted by atomic mass is 9.98. The largest absolute Gasteiger partial charge is 0.462 e. The van der Waals surface area contributed by atoms with Gasteiger partial charge < -0.3 is 24.4 Å². The highest BCUT2D eigenvalue weighted by molar-refractivity contribution is 7.52. The number of aromatic nitrogens is 4. The van der Waals surface area contributed by atoms with Gasteiger partial charge in [0.25, 0.3) is 0 Å². The third-order valence-corrected chi connectivity index (χ3v) is 7.93. The standard InChI is InChI=1S/C26H36FN6O7P/c1-7-28-22-20-23(31-17(5)30-22)33(14-29-20)25-26(6,27)21(34)19(39-25)13-37-41(36,40-18-11-9-8-10-12-18)32-16(4)24(35)38-15(2)3/h8-12,14-16,19,21,25,34H,7,13H2,1-6H3,(H,32,36)(H,28,30,31)/t16-,19+,21+,25+,26+,41?/m0/s1. The summed E-state index contributed by atoms with van der Waals surface area (Å²) in [6, 6.07) is 7.11. The second-order valence-electron chi connectivity index (χ2n) is 10.1. The first kappa shape index (κ1) is 30.8. The van der Waals surface area contributed by atoms with Crippen molar-refractivity contribution in [2.45, 2.75) is 77.8 Å². The van der Waals surface area contributed by atoms with Gasteiger partial charge in [-0.3, -0.25) is 13.9 Å². The van der Waals surface area contributed by atoms with E-state index in [2.05, 4.69) is 25.4 Å². The van der Waals surface area contributed by atoms with Crippen molar-refractivity contribution in [3.63, 3.8) is 0 Å². The van der Waals surface area contributed by atoms with Crippen LogP contribution in [0, 0.1) is 6.92 Å². The molecule has 3 aromatic rings. The van der Waals surface area contributed by atoms with Crippen molar-refractivity contribution in [3.8, 4) is 5.75 Å². The predicted octanol–water partition coefficient (Wildman–Crippen LogP) is 3.69. The minimum absolute atomic E-state index is 0.199. The first-order chi connectivity index (χ1) is 19.3. The molecule has 0 amide bonds. The third-order valence-electron chi connectivity index (χ3n) is 6.28. The molecule has 0 aliphatic carbocycles. The van der Waals surface area contributed by atoms with E-state index in [0.717, 1.165) is 0 Å². The zero-order valence-corrected chi connectivity index (χ0v) is 24.7. The number of fused-ring (bicyclic) bond motifs is 1. The molecule has 1 unspecified atom stereocenters. The Balaban J connectivity index is 1.56. The van der Waals surface area contributed by atoms with Crippen LogP contribution in [0.4, 0.5) is 10.2 Å². The third kappa shape index (κ3) is 6.84. The van der Waals surface area contributed by atoms with Gasteiger partial charge in [0.1, 0.15) is 29.8 Å². The van der Waals surface area contributed by atoms with Crippen LogP contribution >= 0.6 is 7.75 Å². The fourth-order valence-corrected chi connectivity index (χ4v) is 5.85. The summed E-state index contributed by atoms with van der Waals surface area (Å²) in [5.41, 5.74) is -1.59. The van der Waals surface area contributed by atoms with Crippen molar-refractivity contribution in [3.05, 3.63) is 42.5 Å². The lowest BCUT2D eigenvalue weighted by Gasteiger charge is -2.25. The van der Waals surface area contributed by atoms with E-state index < -0.39 is 56.6 Å². The van der Waals surface area contributed by atoms with Gasteiger partial charge in [0.15, 0.2) is 28.9 Å². The van der Waals surface area contributed by atoms with E-state index in [4.69, 9.17) is 18.5 Å². The van der Waals surface area contributed by atoms with Gasteiger partial charge >= 0.3 is 13.7 Å². The van der Waals surface area contributed by atoms with Crippen LogP contribution in [-0.2, 0) is 23.4 Å². The van der Waals surface area contributed by atoms with Crippen LogP contribution in [-0.4, -0.2) is 73.8 Å². The van der Waals surface area contributed by atoms with Crippen molar-refractivity contribution in [2.75, 3.05) is 18.5 Å². The van der Waals surface area contributed by atoms with Gasteiger partial charge in [0.2, 0.25) is 0 Å². The maximum Gasteiger partial charge on any atom is 0.459 e. The fourth-order valence-electron chi connectivity index (χ4n) is 4.34.